The Labute approximate surface area is 132 Å². The lowest BCUT2D eigenvalue weighted by atomic mass is 9.71. The fourth-order valence-electron chi connectivity index (χ4n) is 3.35. The molecule has 0 bridgehead atoms. The molecule has 3 N–H and O–H groups in total. The maximum atomic E-state index is 13.6. The molecule has 0 saturated heterocycles. The fraction of sp³-hybridized carbons (Fsp3) is 0.611. The number of amides is 1. The Morgan fingerprint density at radius 3 is 2.64 bits per heavy atom. The van der Waals surface area contributed by atoms with Crippen molar-refractivity contribution in [1.82, 2.24) is 5.32 Å². The number of hydrogen-bond donors (Lipinski definition) is 2. The molecule has 1 aliphatic carbocycles. The number of benzene rings is 1. The van der Waals surface area contributed by atoms with Gasteiger partial charge < -0.3 is 11.1 Å². The second-order valence-electron chi connectivity index (χ2n) is 6.74. The zero-order chi connectivity index (χ0) is 16.2. The Morgan fingerprint density at radius 1 is 1.36 bits per heavy atom. The van der Waals surface area contributed by atoms with Gasteiger partial charge >= 0.3 is 0 Å². The number of nitrogens with one attached hydrogen (secondary N) is 1. The number of rotatable bonds is 5. The van der Waals surface area contributed by atoms with Crippen LogP contribution in [-0.4, -0.2) is 12.5 Å². The monoisotopic (exact) mass is 306 g/mol. The molecule has 1 amide bonds. The summed E-state index contributed by atoms with van der Waals surface area (Å²) in [6.07, 6.45) is 6.09. The van der Waals surface area contributed by atoms with Crippen LogP contribution in [0, 0.1) is 18.2 Å². The molecule has 1 saturated carbocycles. The molecule has 1 aliphatic rings. The Balaban J connectivity index is 1.97. The largest absolute Gasteiger partial charge is 0.350 e. The summed E-state index contributed by atoms with van der Waals surface area (Å²) >= 11 is 0. The quantitative estimate of drug-likeness (QED) is 0.873. The van der Waals surface area contributed by atoms with Crippen molar-refractivity contribution in [2.24, 2.45) is 11.1 Å². The van der Waals surface area contributed by atoms with E-state index >= 15 is 0 Å². The number of carbonyl (C=O) groups excluding carboxylic acids is 1. The molecule has 2 rings (SSSR count). The van der Waals surface area contributed by atoms with Crippen LogP contribution in [0.3, 0.4) is 0 Å². The van der Waals surface area contributed by atoms with Crippen LogP contribution < -0.4 is 11.1 Å². The number of nitrogens with two attached hydrogens (primary N) is 1. The first kappa shape index (κ1) is 16.9. The van der Waals surface area contributed by atoms with E-state index in [0.717, 1.165) is 31.2 Å². The van der Waals surface area contributed by atoms with Crippen molar-refractivity contribution in [3.63, 3.8) is 0 Å². The van der Waals surface area contributed by atoms with Crippen LogP contribution in [0.25, 0.3) is 0 Å². The van der Waals surface area contributed by atoms with E-state index in [1.807, 2.05) is 13.0 Å². The molecule has 1 atom stereocenters. The average Bonchev–Trinajstić information content (AvgIpc) is 2.50. The Hall–Kier alpha value is -1.42. The van der Waals surface area contributed by atoms with E-state index in [1.165, 1.54) is 12.5 Å². The highest BCUT2D eigenvalue weighted by Crippen LogP contribution is 2.38. The smallest absolute Gasteiger partial charge is 0.221 e. The van der Waals surface area contributed by atoms with Gasteiger partial charge in [-0.25, -0.2) is 4.39 Å². The zero-order valence-electron chi connectivity index (χ0n) is 13.6. The van der Waals surface area contributed by atoms with Gasteiger partial charge in [0.1, 0.15) is 5.82 Å². The van der Waals surface area contributed by atoms with E-state index < -0.39 is 0 Å². The van der Waals surface area contributed by atoms with Crippen molar-refractivity contribution in [2.75, 3.05) is 6.54 Å². The van der Waals surface area contributed by atoms with Crippen LogP contribution in [-0.2, 0) is 4.79 Å². The van der Waals surface area contributed by atoms with Gasteiger partial charge in [0.25, 0.3) is 0 Å². The Morgan fingerprint density at radius 2 is 2.05 bits per heavy atom. The third-order valence-corrected chi connectivity index (χ3v) is 4.96. The number of halogens is 1. The van der Waals surface area contributed by atoms with Crippen LogP contribution in [0.2, 0.25) is 0 Å². The van der Waals surface area contributed by atoms with Crippen LogP contribution in [0.1, 0.15) is 62.6 Å². The minimum absolute atomic E-state index is 0.0147. The molecule has 0 spiro atoms. The van der Waals surface area contributed by atoms with Gasteiger partial charge in [-0.2, -0.15) is 0 Å². The van der Waals surface area contributed by atoms with E-state index in [1.54, 1.807) is 13.0 Å². The van der Waals surface area contributed by atoms with E-state index in [4.69, 9.17) is 5.73 Å². The van der Waals surface area contributed by atoms with Gasteiger partial charge in [-0.15, -0.1) is 0 Å². The zero-order valence-corrected chi connectivity index (χ0v) is 13.6. The fourth-order valence-corrected chi connectivity index (χ4v) is 3.35. The van der Waals surface area contributed by atoms with Crippen LogP contribution >= 0.6 is 0 Å². The minimum Gasteiger partial charge on any atom is -0.350 e. The molecule has 0 aliphatic heterocycles. The highest BCUT2D eigenvalue weighted by molar-refractivity contribution is 5.77. The molecule has 1 aromatic rings. The number of hydrogen-bond acceptors (Lipinski definition) is 2. The van der Waals surface area contributed by atoms with Crippen molar-refractivity contribution >= 4 is 5.91 Å². The van der Waals surface area contributed by atoms with Crippen molar-refractivity contribution in [3.05, 3.63) is 35.1 Å². The number of aryl methyl sites for hydroxylation is 1. The van der Waals surface area contributed by atoms with E-state index in [-0.39, 0.29) is 23.2 Å². The lowest BCUT2D eigenvalue weighted by Crippen LogP contribution is -2.39. The highest BCUT2D eigenvalue weighted by atomic mass is 19.1. The molecule has 122 valence electrons. The predicted octanol–water partition coefficient (Wildman–Crippen LogP) is 3.61. The van der Waals surface area contributed by atoms with Crippen LogP contribution in [0.4, 0.5) is 4.39 Å². The second kappa shape index (κ2) is 7.23. The predicted molar refractivity (Wildman–Crippen MR) is 86.9 cm³/mol. The maximum Gasteiger partial charge on any atom is 0.221 e. The summed E-state index contributed by atoms with van der Waals surface area (Å²) in [5.41, 5.74) is 7.30. The summed E-state index contributed by atoms with van der Waals surface area (Å²) < 4.78 is 13.6. The van der Waals surface area contributed by atoms with E-state index in [0.29, 0.717) is 18.5 Å². The van der Waals surface area contributed by atoms with E-state index in [2.05, 4.69) is 5.32 Å². The SMILES string of the molecule is Cc1ccc(C(C)NC(=O)CC2(CN)CCCCC2)cc1F. The summed E-state index contributed by atoms with van der Waals surface area (Å²) in [5, 5.41) is 2.99. The van der Waals surface area contributed by atoms with Crippen molar-refractivity contribution in [1.29, 1.82) is 0 Å². The molecule has 1 unspecified atom stereocenters. The topological polar surface area (TPSA) is 55.1 Å². The van der Waals surface area contributed by atoms with Gasteiger partial charge in [0.05, 0.1) is 6.04 Å². The summed E-state index contributed by atoms with van der Waals surface area (Å²) in [6.45, 7) is 4.18. The van der Waals surface area contributed by atoms with Gasteiger partial charge in [-0.1, -0.05) is 31.4 Å². The first-order valence-electron chi connectivity index (χ1n) is 8.21. The Kier molecular flexibility index (Phi) is 5.57. The standard InChI is InChI=1S/C18H27FN2O/c1-13-6-7-15(10-16(13)19)14(2)21-17(22)11-18(12-20)8-4-3-5-9-18/h6-7,10,14H,3-5,8-9,11-12,20H2,1-2H3,(H,21,22). The van der Waals surface area contributed by atoms with Gasteiger partial charge in [0, 0.05) is 6.42 Å². The molecular formula is C18H27FN2O. The van der Waals surface area contributed by atoms with E-state index in [9.17, 15) is 9.18 Å². The molecule has 1 aromatic carbocycles. The molecule has 22 heavy (non-hydrogen) atoms. The molecular weight excluding hydrogens is 279 g/mol. The normalized spacial score (nSPS) is 18.7. The van der Waals surface area contributed by atoms with Crippen molar-refractivity contribution in [3.8, 4) is 0 Å². The van der Waals surface area contributed by atoms with Crippen molar-refractivity contribution in [2.45, 2.75) is 58.4 Å². The van der Waals surface area contributed by atoms with Gasteiger partial charge in [0.2, 0.25) is 5.91 Å². The lowest BCUT2D eigenvalue weighted by Gasteiger charge is -2.36. The van der Waals surface area contributed by atoms with Crippen molar-refractivity contribution < 1.29 is 9.18 Å². The van der Waals surface area contributed by atoms with Gasteiger partial charge in [0.15, 0.2) is 0 Å². The van der Waals surface area contributed by atoms with Gasteiger partial charge in [-0.3, -0.25) is 4.79 Å². The lowest BCUT2D eigenvalue weighted by molar-refractivity contribution is -0.124. The third kappa shape index (κ3) is 4.07. The van der Waals surface area contributed by atoms with Crippen LogP contribution in [0.15, 0.2) is 18.2 Å². The summed E-state index contributed by atoms with van der Waals surface area (Å²) in [5.74, 6) is -0.217. The Bertz CT molecular complexity index is 524. The molecule has 0 heterocycles. The molecule has 0 radical (unpaired) electrons. The van der Waals surface area contributed by atoms with Gasteiger partial charge in [-0.05, 0) is 55.8 Å². The summed E-state index contributed by atoms with van der Waals surface area (Å²) in [6, 6.07) is 4.92. The summed E-state index contributed by atoms with van der Waals surface area (Å²) in [7, 11) is 0. The molecule has 1 fully saturated rings. The first-order valence-corrected chi connectivity index (χ1v) is 8.21. The second-order valence-corrected chi connectivity index (χ2v) is 6.74. The average molecular weight is 306 g/mol. The maximum absolute atomic E-state index is 13.6. The molecule has 3 nitrogen and oxygen atoms in total. The first-order chi connectivity index (χ1) is 10.5. The highest BCUT2D eigenvalue weighted by Gasteiger charge is 2.33. The summed E-state index contributed by atoms with van der Waals surface area (Å²) in [4.78, 5) is 12.4. The molecule has 4 heteroatoms. The number of carbonyl (C=O) groups is 1. The minimum atomic E-state index is -0.232. The third-order valence-electron chi connectivity index (χ3n) is 4.96. The van der Waals surface area contributed by atoms with Crippen LogP contribution in [0.5, 0.6) is 0 Å². The molecule has 0 aromatic heterocycles.